The highest BCUT2D eigenvalue weighted by atomic mass is 32.2. The smallest absolute Gasteiger partial charge is 0.234 e. The maximum Gasteiger partial charge on any atom is 0.234 e. The summed E-state index contributed by atoms with van der Waals surface area (Å²) in [5.41, 5.74) is 0.842. The van der Waals surface area contributed by atoms with Gasteiger partial charge in [-0.25, -0.2) is 0 Å². The van der Waals surface area contributed by atoms with E-state index in [-0.39, 0.29) is 5.91 Å². The number of amides is 1. The molecule has 3 rings (SSSR count). The van der Waals surface area contributed by atoms with Crippen LogP contribution in [0.25, 0.3) is 10.8 Å². The zero-order valence-electron chi connectivity index (χ0n) is 15.2. The van der Waals surface area contributed by atoms with Gasteiger partial charge >= 0.3 is 0 Å². The van der Waals surface area contributed by atoms with E-state index in [4.69, 9.17) is 0 Å². The first-order chi connectivity index (χ1) is 12.7. The molecule has 0 saturated heterocycles. The van der Waals surface area contributed by atoms with E-state index in [0.29, 0.717) is 5.75 Å². The largest absolute Gasteiger partial charge is 0.325 e. The summed E-state index contributed by atoms with van der Waals surface area (Å²) in [6.07, 6.45) is 3.16. The van der Waals surface area contributed by atoms with Gasteiger partial charge in [-0.15, -0.1) is 10.2 Å². The molecule has 0 spiro atoms. The molecule has 6 heteroatoms. The molecule has 5 nitrogen and oxygen atoms in total. The predicted octanol–water partition coefficient (Wildman–Crippen LogP) is 4.52. The van der Waals surface area contributed by atoms with E-state index < -0.39 is 0 Å². The van der Waals surface area contributed by atoms with Crippen molar-refractivity contribution >= 4 is 34.1 Å². The molecule has 2 aromatic carbocycles. The van der Waals surface area contributed by atoms with Gasteiger partial charge in [-0.3, -0.25) is 4.79 Å². The van der Waals surface area contributed by atoms with Crippen molar-refractivity contribution in [1.82, 2.24) is 14.8 Å². The second kappa shape index (κ2) is 8.85. The third kappa shape index (κ3) is 4.25. The SMILES string of the molecule is CCCCc1nnc(SCC(=O)Nc2cccc3ccccc23)n1CC. The van der Waals surface area contributed by atoms with Crippen LogP contribution in [0.5, 0.6) is 0 Å². The van der Waals surface area contributed by atoms with Crippen molar-refractivity contribution in [1.29, 1.82) is 0 Å². The Morgan fingerprint density at radius 2 is 1.92 bits per heavy atom. The number of aryl methyl sites for hydroxylation is 1. The van der Waals surface area contributed by atoms with Gasteiger partial charge in [0, 0.05) is 24.0 Å². The molecule has 0 atom stereocenters. The number of unbranched alkanes of at least 4 members (excludes halogenated alkanes) is 1. The van der Waals surface area contributed by atoms with E-state index in [0.717, 1.165) is 53.2 Å². The van der Waals surface area contributed by atoms with Crippen LogP contribution in [0, 0.1) is 0 Å². The van der Waals surface area contributed by atoms with Gasteiger partial charge in [0.25, 0.3) is 0 Å². The minimum Gasteiger partial charge on any atom is -0.325 e. The van der Waals surface area contributed by atoms with Gasteiger partial charge < -0.3 is 9.88 Å². The first kappa shape index (κ1) is 18.5. The molecule has 0 saturated carbocycles. The van der Waals surface area contributed by atoms with Crippen molar-refractivity contribution in [3.8, 4) is 0 Å². The number of fused-ring (bicyclic) bond motifs is 1. The number of rotatable bonds is 8. The molecule has 1 amide bonds. The Bertz CT molecular complexity index is 885. The Hall–Kier alpha value is -2.34. The van der Waals surface area contributed by atoms with Gasteiger partial charge in [0.15, 0.2) is 5.16 Å². The molecule has 0 aliphatic heterocycles. The number of carbonyl (C=O) groups excluding carboxylic acids is 1. The lowest BCUT2D eigenvalue weighted by Crippen LogP contribution is -2.15. The number of benzene rings is 2. The van der Waals surface area contributed by atoms with Crippen LogP contribution in [0.1, 0.15) is 32.5 Å². The van der Waals surface area contributed by atoms with Gasteiger partial charge in [-0.05, 0) is 24.8 Å². The third-order valence-corrected chi connectivity index (χ3v) is 5.23. The van der Waals surface area contributed by atoms with Crippen LogP contribution >= 0.6 is 11.8 Å². The quantitative estimate of drug-likeness (QED) is 0.594. The highest BCUT2D eigenvalue weighted by Gasteiger charge is 2.13. The first-order valence-electron chi connectivity index (χ1n) is 9.05. The van der Waals surface area contributed by atoms with E-state index in [1.807, 2.05) is 42.5 Å². The van der Waals surface area contributed by atoms with Crippen LogP contribution < -0.4 is 5.32 Å². The van der Waals surface area contributed by atoms with Crippen LogP contribution in [-0.2, 0) is 17.8 Å². The van der Waals surface area contributed by atoms with Crippen molar-refractivity contribution in [3.63, 3.8) is 0 Å². The summed E-state index contributed by atoms with van der Waals surface area (Å²) in [7, 11) is 0. The average molecular weight is 369 g/mol. The predicted molar refractivity (Wildman–Crippen MR) is 108 cm³/mol. The number of hydrogen-bond donors (Lipinski definition) is 1. The molecule has 0 aliphatic carbocycles. The van der Waals surface area contributed by atoms with Gasteiger partial charge in [0.05, 0.1) is 5.75 Å². The minimum atomic E-state index is -0.0351. The normalized spacial score (nSPS) is 11.0. The second-order valence-corrected chi connectivity index (χ2v) is 7.05. The maximum atomic E-state index is 12.4. The number of hydrogen-bond acceptors (Lipinski definition) is 4. The summed E-state index contributed by atoms with van der Waals surface area (Å²) in [4.78, 5) is 12.4. The van der Waals surface area contributed by atoms with Crippen LogP contribution in [0.3, 0.4) is 0 Å². The first-order valence-corrected chi connectivity index (χ1v) is 10.0. The molecule has 0 radical (unpaired) electrons. The molecule has 0 aliphatic rings. The summed E-state index contributed by atoms with van der Waals surface area (Å²) >= 11 is 1.44. The molecule has 1 N–H and O–H groups in total. The standard InChI is InChI=1S/C20H24N4OS/c1-3-5-13-18-22-23-20(24(18)4-2)26-14-19(25)21-17-12-8-10-15-9-6-7-11-16(15)17/h6-12H,3-5,13-14H2,1-2H3,(H,21,25). The Morgan fingerprint density at radius 3 is 2.73 bits per heavy atom. The van der Waals surface area contributed by atoms with E-state index >= 15 is 0 Å². The zero-order valence-corrected chi connectivity index (χ0v) is 16.1. The number of thioether (sulfide) groups is 1. The summed E-state index contributed by atoms with van der Waals surface area (Å²) < 4.78 is 2.10. The van der Waals surface area contributed by atoms with E-state index in [1.54, 1.807) is 0 Å². The minimum absolute atomic E-state index is 0.0351. The number of aromatic nitrogens is 3. The molecule has 1 heterocycles. The fourth-order valence-electron chi connectivity index (χ4n) is 2.91. The topological polar surface area (TPSA) is 59.8 Å². The van der Waals surface area contributed by atoms with Crippen LogP contribution in [-0.4, -0.2) is 26.4 Å². The van der Waals surface area contributed by atoms with Gasteiger partial charge in [-0.1, -0.05) is 61.5 Å². The molecular formula is C20H24N4OS. The van der Waals surface area contributed by atoms with E-state index in [9.17, 15) is 4.79 Å². The summed E-state index contributed by atoms with van der Waals surface area (Å²) in [6, 6.07) is 14.0. The summed E-state index contributed by atoms with van der Waals surface area (Å²) in [5.74, 6) is 1.29. The third-order valence-electron chi connectivity index (χ3n) is 4.26. The van der Waals surface area contributed by atoms with Gasteiger partial charge in [-0.2, -0.15) is 0 Å². The highest BCUT2D eigenvalue weighted by Crippen LogP contribution is 2.24. The average Bonchev–Trinajstić information content (AvgIpc) is 3.07. The lowest BCUT2D eigenvalue weighted by molar-refractivity contribution is -0.113. The van der Waals surface area contributed by atoms with E-state index in [1.165, 1.54) is 11.8 Å². The Balaban J connectivity index is 1.65. The molecule has 0 bridgehead atoms. The molecule has 1 aromatic heterocycles. The van der Waals surface area contributed by atoms with Crippen molar-refractivity contribution in [2.45, 2.75) is 44.8 Å². The van der Waals surface area contributed by atoms with Gasteiger partial charge in [0.2, 0.25) is 5.91 Å². The Kier molecular flexibility index (Phi) is 6.28. The van der Waals surface area contributed by atoms with Crippen LogP contribution in [0.15, 0.2) is 47.6 Å². The maximum absolute atomic E-state index is 12.4. The molecular weight excluding hydrogens is 344 g/mol. The second-order valence-electron chi connectivity index (χ2n) is 6.11. The lowest BCUT2D eigenvalue weighted by atomic mass is 10.1. The number of anilines is 1. The highest BCUT2D eigenvalue weighted by molar-refractivity contribution is 7.99. The zero-order chi connectivity index (χ0) is 18.4. The number of carbonyl (C=O) groups is 1. The Labute approximate surface area is 158 Å². The van der Waals surface area contributed by atoms with Crippen molar-refractivity contribution in [2.24, 2.45) is 0 Å². The van der Waals surface area contributed by atoms with Gasteiger partial charge in [0.1, 0.15) is 5.82 Å². The summed E-state index contributed by atoms with van der Waals surface area (Å²) in [6.45, 7) is 5.07. The van der Waals surface area contributed by atoms with Crippen molar-refractivity contribution in [3.05, 3.63) is 48.3 Å². The van der Waals surface area contributed by atoms with Crippen molar-refractivity contribution < 1.29 is 4.79 Å². The van der Waals surface area contributed by atoms with Crippen molar-refractivity contribution in [2.75, 3.05) is 11.1 Å². The number of nitrogens with one attached hydrogen (secondary N) is 1. The fourth-order valence-corrected chi connectivity index (χ4v) is 3.74. The fraction of sp³-hybridized carbons (Fsp3) is 0.350. The molecule has 0 fully saturated rings. The Morgan fingerprint density at radius 1 is 1.12 bits per heavy atom. The molecule has 26 heavy (non-hydrogen) atoms. The monoisotopic (exact) mass is 368 g/mol. The number of nitrogens with zero attached hydrogens (tertiary/aromatic N) is 3. The van der Waals surface area contributed by atoms with E-state index in [2.05, 4.69) is 33.9 Å². The van der Waals surface area contributed by atoms with Crippen LogP contribution in [0.4, 0.5) is 5.69 Å². The molecule has 136 valence electrons. The summed E-state index contributed by atoms with van der Waals surface area (Å²) in [5, 5.41) is 14.5. The molecule has 3 aromatic rings. The lowest BCUT2D eigenvalue weighted by Gasteiger charge is -2.09. The van der Waals surface area contributed by atoms with Crippen LogP contribution in [0.2, 0.25) is 0 Å². The molecule has 0 unspecified atom stereocenters.